The summed E-state index contributed by atoms with van der Waals surface area (Å²) in [6, 6.07) is 15.0. The van der Waals surface area contributed by atoms with Crippen LogP contribution in [0, 0.1) is 23.7 Å². The van der Waals surface area contributed by atoms with Crippen molar-refractivity contribution < 1.29 is 23.9 Å². The monoisotopic (exact) mass is 415 g/mol. The van der Waals surface area contributed by atoms with E-state index in [-0.39, 0.29) is 52.5 Å². The van der Waals surface area contributed by atoms with Crippen LogP contribution in [0.25, 0.3) is 0 Å². The van der Waals surface area contributed by atoms with E-state index in [2.05, 4.69) is 0 Å². The number of para-hydroxylation sites is 1. The molecule has 1 saturated heterocycles. The molecule has 0 N–H and O–H groups in total. The molecular formula is C25H21NO5. The summed E-state index contributed by atoms with van der Waals surface area (Å²) in [6.45, 7) is 1.51. The molecule has 2 aromatic carbocycles. The van der Waals surface area contributed by atoms with Crippen LogP contribution in [0.5, 0.6) is 0 Å². The zero-order chi connectivity index (χ0) is 21.7. The highest BCUT2D eigenvalue weighted by molar-refractivity contribution is 6.24. The number of ketones is 1. The van der Waals surface area contributed by atoms with Gasteiger partial charge in [-0.15, -0.1) is 0 Å². The van der Waals surface area contributed by atoms with E-state index in [9.17, 15) is 19.2 Å². The third-order valence-corrected chi connectivity index (χ3v) is 6.55. The third-order valence-electron chi connectivity index (χ3n) is 6.55. The van der Waals surface area contributed by atoms with Crippen molar-refractivity contribution in [3.05, 3.63) is 77.9 Å². The van der Waals surface area contributed by atoms with Crippen LogP contribution < -0.4 is 4.90 Å². The molecule has 2 fully saturated rings. The summed E-state index contributed by atoms with van der Waals surface area (Å²) >= 11 is 0. The molecule has 3 aliphatic rings. The van der Waals surface area contributed by atoms with Gasteiger partial charge in [0.05, 0.1) is 23.1 Å². The maximum atomic E-state index is 13.1. The summed E-state index contributed by atoms with van der Waals surface area (Å²) in [6.07, 6.45) is 3.88. The van der Waals surface area contributed by atoms with Crippen molar-refractivity contribution in [1.82, 2.24) is 0 Å². The number of carbonyl (C=O) groups excluding carboxylic acids is 4. The summed E-state index contributed by atoms with van der Waals surface area (Å²) in [5, 5.41) is 0. The molecular weight excluding hydrogens is 394 g/mol. The molecule has 2 aromatic rings. The van der Waals surface area contributed by atoms with Crippen LogP contribution in [0.4, 0.5) is 5.69 Å². The summed E-state index contributed by atoms with van der Waals surface area (Å²) in [7, 11) is 0. The maximum absolute atomic E-state index is 13.1. The lowest BCUT2D eigenvalue weighted by Crippen LogP contribution is -2.34. The number of nitrogens with zero attached hydrogens (tertiary/aromatic N) is 1. The molecule has 1 aliphatic heterocycles. The number of allylic oxidation sites excluding steroid dienone is 2. The van der Waals surface area contributed by atoms with Crippen molar-refractivity contribution >= 4 is 29.3 Å². The molecule has 2 aliphatic carbocycles. The molecule has 2 bridgehead atoms. The number of hydrogen-bond donors (Lipinski definition) is 0. The Labute approximate surface area is 179 Å². The first-order valence-corrected chi connectivity index (χ1v) is 10.4. The Kier molecular flexibility index (Phi) is 4.58. The molecule has 1 heterocycles. The second-order valence-electron chi connectivity index (χ2n) is 8.31. The number of esters is 1. The minimum atomic E-state index is -1.01. The molecule has 156 valence electrons. The van der Waals surface area contributed by atoms with Gasteiger partial charge in [0.2, 0.25) is 17.6 Å². The molecule has 2 amide bonds. The van der Waals surface area contributed by atoms with Gasteiger partial charge in [0.15, 0.2) is 6.10 Å². The van der Waals surface area contributed by atoms with Gasteiger partial charge in [-0.05, 0) is 37.3 Å². The van der Waals surface area contributed by atoms with E-state index in [1.54, 1.807) is 48.5 Å². The predicted molar refractivity (Wildman–Crippen MR) is 112 cm³/mol. The average Bonchev–Trinajstić information content (AvgIpc) is 3.47. The van der Waals surface area contributed by atoms with Gasteiger partial charge in [0, 0.05) is 5.56 Å². The fraction of sp³-hybridized carbons (Fsp3) is 0.280. The highest BCUT2D eigenvalue weighted by atomic mass is 16.5. The number of Topliss-reactive ketones (excluding diaryl/α,β-unsaturated/α-hetero) is 1. The molecule has 31 heavy (non-hydrogen) atoms. The standard InChI is InChI=1S/C25H21NO5/c1-14(22(27)15-7-3-2-4-8-15)31-25(30)18-9-5-6-10-19(18)26-23(28)20-16-11-12-17(13-16)21(20)24(26)29/h2-12,14,16-17,20-21H,13H2,1H3/t14-,16+,17+,20+,21+/m1/s1. The molecule has 1 saturated carbocycles. The molecule has 6 nitrogen and oxygen atoms in total. The predicted octanol–water partition coefficient (Wildman–Crippen LogP) is 3.43. The van der Waals surface area contributed by atoms with E-state index in [1.165, 1.54) is 13.0 Å². The Morgan fingerprint density at radius 2 is 1.48 bits per heavy atom. The van der Waals surface area contributed by atoms with Crippen molar-refractivity contribution in [2.24, 2.45) is 23.7 Å². The Bertz CT molecular complexity index is 1090. The molecule has 6 heteroatoms. The van der Waals surface area contributed by atoms with E-state index in [1.807, 2.05) is 12.2 Å². The van der Waals surface area contributed by atoms with Gasteiger partial charge in [0.25, 0.3) is 0 Å². The largest absolute Gasteiger partial charge is 0.451 e. The van der Waals surface area contributed by atoms with Crippen molar-refractivity contribution in [3.8, 4) is 0 Å². The Balaban J connectivity index is 1.40. The molecule has 5 atom stereocenters. The van der Waals surface area contributed by atoms with Gasteiger partial charge in [-0.2, -0.15) is 0 Å². The molecule has 0 radical (unpaired) electrons. The fourth-order valence-corrected chi connectivity index (χ4v) is 5.10. The van der Waals surface area contributed by atoms with E-state index >= 15 is 0 Å². The SMILES string of the molecule is C[C@@H](OC(=O)c1ccccc1N1C(=O)[C@@H]2[C@@H](C1=O)[C@H]1C=C[C@H]2C1)C(=O)c1ccccc1. The lowest BCUT2D eigenvalue weighted by molar-refractivity contribution is -0.123. The minimum absolute atomic E-state index is 0.0825. The highest BCUT2D eigenvalue weighted by Crippen LogP contribution is 2.53. The number of amides is 2. The molecule has 0 spiro atoms. The fourth-order valence-electron chi connectivity index (χ4n) is 5.10. The number of imide groups is 1. The Morgan fingerprint density at radius 3 is 2.13 bits per heavy atom. The lowest BCUT2D eigenvalue weighted by Gasteiger charge is -2.20. The normalized spacial score (nSPS) is 26.8. The summed E-state index contributed by atoms with van der Waals surface area (Å²) in [5.41, 5.74) is 0.754. The van der Waals surface area contributed by atoms with E-state index in [0.717, 1.165) is 11.3 Å². The van der Waals surface area contributed by atoms with Crippen molar-refractivity contribution in [2.75, 3.05) is 4.90 Å². The maximum Gasteiger partial charge on any atom is 0.340 e. The van der Waals surface area contributed by atoms with Gasteiger partial charge < -0.3 is 4.74 Å². The number of hydrogen-bond acceptors (Lipinski definition) is 5. The first kappa shape index (κ1) is 19.4. The van der Waals surface area contributed by atoms with Gasteiger partial charge in [-0.25, -0.2) is 9.69 Å². The quantitative estimate of drug-likeness (QED) is 0.324. The minimum Gasteiger partial charge on any atom is -0.451 e. The van der Waals surface area contributed by atoms with Crippen LogP contribution in [0.1, 0.15) is 34.1 Å². The van der Waals surface area contributed by atoms with Gasteiger partial charge in [0.1, 0.15) is 0 Å². The van der Waals surface area contributed by atoms with Crippen LogP contribution in [0.2, 0.25) is 0 Å². The van der Waals surface area contributed by atoms with Gasteiger partial charge >= 0.3 is 5.97 Å². The summed E-state index contributed by atoms with van der Waals surface area (Å²) in [5.74, 6) is -2.14. The Hall–Kier alpha value is -3.54. The zero-order valence-corrected chi connectivity index (χ0v) is 16.9. The number of fused-ring (bicyclic) bond motifs is 5. The first-order chi connectivity index (χ1) is 15.0. The number of anilines is 1. The Morgan fingerprint density at radius 1 is 0.903 bits per heavy atom. The number of rotatable bonds is 5. The van der Waals surface area contributed by atoms with E-state index in [4.69, 9.17) is 4.74 Å². The van der Waals surface area contributed by atoms with E-state index in [0.29, 0.717) is 5.56 Å². The topological polar surface area (TPSA) is 80.8 Å². The second-order valence-corrected chi connectivity index (χ2v) is 8.31. The number of carbonyl (C=O) groups is 4. The third kappa shape index (κ3) is 3.02. The summed E-state index contributed by atoms with van der Waals surface area (Å²) in [4.78, 5) is 52.9. The van der Waals surface area contributed by atoms with Crippen LogP contribution in [-0.2, 0) is 14.3 Å². The zero-order valence-electron chi connectivity index (χ0n) is 16.9. The summed E-state index contributed by atoms with van der Waals surface area (Å²) < 4.78 is 5.42. The second kappa shape index (κ2) is 7.30. The highest BCUT2D eigenvalue weighted by Gasteiger charge is 2.59. The average molecular weight is 415 g/mol. The van der Waals surface area contributed by atoms with Crippen LogP contribution >= 0.6 is 0 Å². The van der Waals surface area contributed by atoms with Gasteiger partial charge in [-0.3, -0.25) is 14.4 Å². The smallest absolute Gasteiger partial charge is 0.340 e. The molecule has 0 unspecified atom stereocenters. The van der Waals surface area contributed by atoms with Crippen LogP contribution in [0.15, 0.2) is 66.7 Å². The van der Waals surface area contributed by atoms with Crippen LogP contribution in [0.3, 0.4) is 0 Å². The lowest BCUT2D eigenvalue weighted by atomic mass is 9.85. The van der Waals surface area contributed by atoms with Crippen molar-refractivity contribution in [1.29, 1.82) is 0 Å². The van der Waals surface area contributed by atoms with Gasteiger partial charge in [-0.1, -0.05) is 54.6 Å². The number of ether oxygens (including phenoxy) is 1. The first-order valence-electron chi connectivity index (χ1n) is 10.4. The number of benzene rings is 2. The molecule has 0 aromatic heterocycles. The van der Waals surface area contributed by atoms with Crippen LogP contribution in [-0.4, -0.2) is 29.7 Å². The molecule has 5 rings (SSSR count). The van der Waals surface area contributed by atoms with E-state index < -0.39 is 12.1 Å². The van der Waals surface area contributed by atoms with Crippen molar-refractivity contribution in [3.63, 3.8) is 0 Å². The van der Waals surface area contributed by atoms with Crippen molar-refractivity contribution in [2.45, 2.75) is 19.4 Å².